The zero-order valence-corrected chi connectivity index (χ0v) is 17.8. The number of nitrogens with zero attached hydrogens (tertiary/aromatic N) is 2. The highest BCUT2D eigenvalue weighted by molar-refractivity contribution is 6.31. The minimum atomic E-state index is -0.595. The molecule has 0 fully saturated rings. The molecule has 0 aliphatic rings. The van der Waals surface area contributed by atoms with Crippen LogP contribution < -0.4 is 20.6 Å². The van der Waals surface area contributed by atoms with Crippen LogP contribution in [-0.4, -0.2) is 28.7 Å². The lowest BCUT2D eigenvalue weighted by Gasteiger charge is -2.13. The molecule has 0 aliphatic carbocycles. The molecule has 3 aromatic rings. The van der Waals surface area contributed by atoms with E-state index in [9.17, 15) is 9.59 Å². The summed E-state index contributed by atoms with van der Waals surface area (Å²) in [5, 5.41) is 4.55. The summed E-state index contributed by atoms with van der Waals surface area (Å²) >= 11 is 6.17. The van der Waals surface area contributed by atoms with Gasteiger partial charge in [0, 0.05) is 16.3 Å². The number of ether oxygens (including phenoxy) is 2. The first-order valence-corrected chi connectivity index (χ1v) is 9.88. The number of nitrogens with one attached hydrogen (secondary N) is 2. The molecule has 0 aliphatic heterocycles. The summed E-state index contributed by atoms with van der Waals surface area (Å²) in [7, 11) is 0. The second-order valence-electron chi connectivity index (χ2n) is 6.47. The van der Waals surface area contributed by atoms with Crippen molar-refractivity contribution in [1.29, 1.82) is 0 Å². The van der Waals surface area contributed by atoms with E-state index in [1.165, 1.54) is 12.3 Å². The summed E-state index contributed by atoms with van der Waals surface area (Å²) in [5.41, 5.74) is 3.82. The smallest absolute Gasteiger partial charge is 0.345 e. The summed E-state index contributed by atoms with van der Waals surface area (Å²) < 4.78 is 11.5. The fourth-order valence-corrected chi connectivity index (χ4v) is 2.87. The van der Waals surface area contributed by atoms with Crippen LogP contribution in [0, 0.1) is 6.92 Å². The molecule has 0 bridgehead atoms. The predicted octanol–water partition coefficient (Wildman–Crippen LogP) is 3.47. The first-order valence-electron chi connectivity index (χ1n) is 9.50. The second-order valence-corrected chi connectivity index (χ2v) is 6.88. The molecule has 1 aromatic heterocycles. The van der Waals surface area contributed by atoms with E-state index in [2.05, 4.69) is 20.5 Å². The van der Waals surface area contributed by atoms with Crippen molar-refractivity contribution in [3.8, 4) is 11.5 Å². The maximum Gasteiger partial charge on any atom is 0.345 e. The Balaban J connectivity index is 1.68. The van der Waals surface area contributed by atoms with Gasteiger partial charge in [-0.25, -0.2) is 10.2 Å². The number of hydrogen-bond acceptors (Lipinski definition) is 6. The van der Waals surface area contributed by atoms with Crippen LogP contribution in [0.1, 0.15) is 34.2 Å². The van der Waals surface area contributed by atoms with E-state index < -0.39 is 11.6 Å². The van der Waals surface area contributed by atoms with Gasteiger partial charge in [0.05, 0.1) is 12.8 Å². The fourth-order valence-electron chi connectivity index (χ4n) is 2.68. The van der Waals surface area contributed by atoms with Crippen LogP contribution in [0.4, 0.5) is 0 Å². The van der Waals surface area contributed by atoms with E-state index in [0.717, 1.165) is 5.56 Å². The van der Waals surface area contributed by atoms with Gasteiger partial charge < -0.3 is 14.5 Å². The zero-order chi connectivity index (χ0) is 22.2. The van der Waals surface area contributed by atoms with Gasteiger partial charge in [-0.15, -0.1) is 0 Å². The topological polar surface area (TPSA) is 106 Å². The zero-order valence-electron chi connectivity index (χ0n) is 17.0. The summed E-state index contributed by atoms with van der Waals surface area (Å²) in [5.74, 6) is 0.512. The Labute approximate surface area is 183 Å². The third-order valence-corrected chi connectivity index (χ3v) is 4.47. The van der Waals surface area contributed by atoms with Gasteiger partial charge in [-0.05, 0) is 49.7 Å². The number of hydrazone groups is 1. The van der Waals surface area contributed by atoms with Crippen LogP contribution in [0.25, 0.3) is 0 Å². The van der Waals surface area contributed by atoms with Crippen molar-refractivity contribution >= 4 is 23.7 Å². The average molecular weight is 441 g/mol. The minimum Gasteiger partial charge on any atom is -0.490 e. The van der Waals surface area contributed by atoms with Crippen molar-refractivity contribution in [3.05, 3.63) is 86.6 Å². The summed E-state index contributed by atoms with van der Waals surface area (Å²) in [6.45, 7) is 4.28. The van der Waals surface area contributed by atoms with E-state index >= 15 is 0 Å². The largest absolute Gasteiger partial charge is 0.490 e. The quantitative estimate of drug-likeness (QED) is 0.412. The Hall–Kier alpha value is -3.65. The van der Waals surface area contributed by atoms with Gasteiger partial charge in [0.15, 0.2) is 11.5 Å². The number of H-pyrrole nitrogens is 1. The van der Waals surface area contributed by atoms with Crippen LogP contribution in [0.5, 0.6) is 11.5 Å². The van der Waals surface area contributed by atoms with Gasteiger partial charge in [-0.1, -0.05) is 29.8 Å². The standard InChI is InChI=1S/C22H21ClN4O4/c1-3-30-20-11-15(8-9-19(20)31-13-16-6-4-5-7-17(16)23)12-24-27-21(28)18-10-14(2)25-22(29)26-18/h4-12H,3,13H2,1-2H3,(H,27,28)(H,25,26,29)/b24-12+. The number of aryl methyl sites for hydroxylation is 1. The van der Waals surface area contributed by atoms with Gasteiger partial charge in [0.25, 0.3) is 5.91 Å². The third-order valence-electron chi connectivity index (χ3n) is 4.10. The fraction of sp³-hybridized carbons (Fsp3) is 0.182. The van der Waals surface area contributed by atoms with Crippen molar-refractivity contribution in [3.63, 3.8) is 0 Å². The van der Waals surface area contributed by atoms with Gasteiger partial charge >= 0.3 is 5.69 Å². The number of carbonyl (C=O) groups is 1. The molecular weight excluding hydrogens is 420 g/mol. The van der Waals surface area contributed by atoms with Crippen molar-refractivity contribution < 1.29 is 14.3 Å². The first-order chi connectivity index (χ1) is 15.0. The monoisotopic (exact) mass is 440 g/mol. The van der Waals surface area contributed by atoms with Gasteiger partial charge in [-0.3, -0.25) is 4.79 Å². The van der Waals surface area contributed by atoms with Crippen LogP contribution in [0.3, 0.4) is 0 Å². The molecule has 0 unspecified atom stereocenters. The number of halogens is 1. The number of aromatic amines is 1. The number of aromatic nitrogens is 2. The van der Waals surface area contributed by atoms with Crippen molar-refractivity contribution in [2.75, 3.05) is 6.61 Å². The highest BCUT2D eigenvalue weighted by Crippen LogP contribution is 2.29. The molecule has 1 amide bonds. The highest BCUT2D eigenvalue weighted by Gasteiger charge is 2.09. The molecule has 0 spiro atoms. The second kappa shape index (κ2) is 10.4. The highest BCUT2D eigenvalue weighted by atomic mass is 35.5. The Kier molecular flexibility index (Phi) is 7.40. The Morgan fingerprint density at radius 2 is 2.00 bits per heavy atom. The van der Waals surface area contributed by atoms with Gasteiger partial charge in [-0.2, -0.15) is 10.1 Å². The minimum absolute atomic E-state index is 0.0169. The molecule has 0 atom stereocenters. The van der Waals surface area contributed by atoms with E-state index in [1.54, 1.807) is 31.2 Å². The van der Waals surface area contributed by atoms with E-state index in [4.69, 9.17) is 21.1 Å². The molecule has 2 N–H and O–H groups in total. The molecule has 0 saturated heterocycles. The van der Waals surface area contributed by atoms with Crippen molar-refractivity contribution in [1.82, 2.24) is 15.4 Å². The van der Waals surface area contributed by atoms with Crippen LogP contribution >= 0.6 is 11.6 Å². The molecule has 0 saturated carbocycles. The van der Waals surface area contributed by atoms with E-state index in [1.807, 2.05) is 25.1 Å². The lowest BCUT2D eigenvalue weighted by Crippen LogP contribution is -2.24. The van der Waals surface area contributed by atoms with Crippen LogP contribution in [0.15, 0.2) is 58.4 Å². The number of amides is 1. The normalized spacial score (nSPS) is 10.8. The molecule has 8 nitrogen and oxygen atoms in total. The Bertz CT molecular complexity index is 1160. The van der Waals surface area contributed by atoms with Crippen LogP contribution in [-0.2, 0) is 6.61 Å². The summed E-state index contributed by atoms with van der Waals surface area (Å²) in [6, 6.07) is 14.2. The average Bonchev–Trinajstić information content (AvgIpc) is 2.73. The molecule has 1 heterocycles. The Morgan fingerprint density at radius 3 is 2.74 bits per heavy atom. The number of benzene rings is 2. The Morgan fingerprint density at radius 1 is 1.19 bits per heavy atom. The third kappa shape index (κ3) is 6.16. The molecule has 0 radical (unpaired) electrons. The lowest BCUT2D eigenvalue weighted by molar-refractivity contribution is 0.0949. The van der Waals surface area contributed by atoms with Crippen molar-refractivity contribution in [2.24, 2.45) is 5.10 Å². The number of carbonyl (C=O) groups excluding carboxylic acids is 1. The molecule has 3 rings (SSSR count). The number of rotatable bonds is 8. The van der Waals surface area contributed by atoms with Gasteiger partial charge in [0.1, 0.15) is 12.3 Å². The SMILES string of the molecule is CCOc1cc(/C=N/NC(=O)c2cc(C)[nH]c(=O)n2)ccc1OCc1ccccc1Cl. The molecule has 9 heteroatoms. The summed E-state index contributed by atoms with van der Waals surface area (Å²) in [6.07, 6.45) is 1.46. The van der Waals surface area contributed by atoms with Crippen LogP contribution in [0.2, 0.25) is 5.02 Å². The molecule has 160 valence electrons. The first kappa shape index (κ1) is 22.0. The lowest BCUT2D eigenvalue weighted by atomic mass is 10.2. The van der Waals surface area contributed by atoms with Crippen molar-refractivity contribution in [2.45, 2.75) is 20.5 Å². The number of hydrogen-bond donors (Lipinski definition) is 2. The van der Waals surface area contributed by atoms with E-state index in [-0.39, 0.29) is 5.69 Å². The van der Waals surface area contributed by atoms with E-state index in [0.29, 0.717) is 41.0 Å². The molecular formula is C22H21ClN4O4. The van der Waals surface area contributed by atoms with Gasteiger partial charge in [0.2, 0.25) is 0 Å². The maximum absolute atomic E-state index is 12.1. The maximum atomic E-state index is 12.1. The molecule has 31 heavy (non-hydrogen) atoms. The molecule has 2 aromatic carbocycles. The predicted molar refractivity (Wildman–Crippen MR) is 118 cm³/mol. The summed E-state index contributed by atoms with van der Waals surface area (Å²) in [4.78, 5) is 29.6.